The highest BCUT2D eigenvalue weighted by atomic mass is 32.1. The van der Waals surface area contributed by atoms with Gasteiger partial charge in [-0.1, -0.05) is 13.8 Å². The molecular weight excluding hydrogens is 270 g/mol. The van der Waals surface area contributed by atoms with E-state index < -0.39 is 0 Å². The number of nitrogens with two attached hydrogens (primary N) is 1. The molecule has 3 N–H and O–H groups in total. The van der Waals surface area contributed by atoms with Gasteiger partial charge in [-0.25, -0.2) is 15.0 Å². The SMILES string of the molecule is CCc1nc(N)c(C)c(NC(C)c2ncc(CC)s2)n1. The molecule has 0 aliphatic rings. The first-order chi connectivity index (χ1) is 9.55. The third-order valence-corrected chi connectivity index (χ3v) is 4.51. The molecule has 6 heteroatoms. The number of anilines is 2. The normalized spacial score (nSPS) is 12.4. The molecule has 2 aromatic heterocycles. The van der Waals surface area contributed by atoms with Crippen LogP contribution in [0, 0.1) is 6.92 Å². The van der Waals surface area contributed by atoms with Crippen LogP contribution in [0.4, 0.5) is 11.6 Å². The molecule has 0 aromatic carbocycles. The Kier molecular flexibility index (Phi) is 4.54. The predicted octanol–water partition coefficient (Wildman–Crippen LogP) is 3.12. The molecule has 0 bridgehead atoms. The van der Waals surface area contributed by atoms with Crippen LogP contribution in [0.3, 0.4) is 0 Å². The van der Waals surface area contributed by atoms with Crippen molar-refractivity contribution in [3.63, 3.8) is 0 Å². The van der Waals surface area contributed by atoms with Crippen LogP contribution in [0.2, 0.25) is 0 Å². The van der Waals surface area contributed by atoms with Crippen LogP contribution in [-0.4, -0.2) is 15.0 Å². The van der Waals surface area contributed by atoms with E-state index >= 15 is 0 Å². The molecule has 1 unspecified atom stereocenters. The van der Waals surface area contributed by atoms with Gasteiger partial charge in [-0.2, -0.15) is 0 Å². The Morgan fingerprint density at radius 3 is 2.65 bits per heavy atom. The Hall–Kier alpha value is -1.69. The second kappa shape index (κ2) is 6.17. The lowest BCUT2D eigenvalue weighted by Crippen LogP contribution is -2.12. The van der Waals surface area contributed by atoms with Crippen molar-refractivity contribution < 1.29 is 0 Å². The van der Waals surface area contributed by atoms with E-state index in [4.69, 9.17) is 5.73 Å². The molecule has 2 rings (SSSR count). The molecule has 20 heavy (non-hydrogen) atoms. The van der Waals surface area contributed by atoms with Crippen molar-refractivity contribution in [3.8, 4) is 0 Å². The minimum Gasteiger partial charge on any atom is -0.383 e. The molecule has 0 fully saturated rings. The lowest BCUT2D eigenvalue weighted by Gasteiger charge is -2.15. The first-order valence-corrected chi connectivity index (χ1v) is 7.70. The number of hydrogen-bond donors (Lipinski definition) is 2. The summed E-state index contributed by atoms with van der Waals surface area (Å²) in [6.45, 7) is 8.18. The molecule has 2 heterocycles. The fraction of sp³-hybridized carbons (Fsp3) is 0.500. The largest absolute Gasteiger partial charge is 0.383 e. The van der Waals surface area contributed by atoms with Gasteiger partial charge in [-0.3, -0.25) is 0 Å². The summed E-state index contributed by atoms with van der Waals surface area (Å²) in [5.74, 6) is 2.10. The van der Waals surface area contributed by atoms with E-state index in [-0.39, 0.29) is 6.04 Å². The van der Waals surface area contributed by atoms with Crippen molar-refractivity contribution in [2.45, 2.75) is 46.6 Å². The van der Waals surface area contributed by atoms with Crippen LogP contribution in [0.25, 0.3) is 0 Å². The van der Waals surface area contributed by atoms with Gasteiger partial charge in [0.15, 0.2) is 0 Å². The number of hydrogen-bond acceptors (Lipinski definition) is 6. The highest BCUT2D eigenvalue weighted by Crippen LogP contribution is 2.26. The third kappa shape index (κ3) is 3.07. The van der Waals surface area contributed by atoms with Crippen molar-refractivity contribution in [2.75, 3.05) is 11.1 Å². The molecule has 0 radical (unpaired) electrons. The molecule has 0 amide bonds. The third-order valence-electron chi connectivity index (χ3n) is 3.19. The number of nitrogen functional groups attached to an aromatic ring is 1. The Labute approximate surface area is 123 Å². The van der Waals surface area contributed by atoms with E-state index in [2.05, 4.69) is 34.1 Å². The molecule has 0 saturated heterocycles. The number of nitrogens with one attached hydrogen (secondary N) is 1. The van der Waals surface area contributed by atoms with Gasteiger partial charge in [0.1, 0.15) is 22.5 Å². The van der Waals surface area contributed by atoms with E-state index in [9.17, 15) is 0 Å². The van der Waals surface area contributed by atoms with Gasteiger partial charge >= 0.3 is 0 Å². The maximum atomic E-state index is 5.93. The standard InChI is InChI=1S/C14H21N5S/c1-5-10-7-16-14(20-10)9(4)17-13-8(3)12(15)18-11(6-2)19-13/h7,9H,5-6H2,1-4H3,(H3,15,17,18,19). The highest BCUT2D eigenvalue weighted by molar-refractivity contribution is 7.11. The topological polar surface area (TPSA) is 76.7 Å². The summed E-state index contributed by atoms with van der Waals surface area (Å²) in [6.07, 6.45) is 3.73. The zero-order valence-corrected chi connectivity index (χ0v) is 13.2. The molecule has 1 atom stereocenters. The van der Waals surface area contributed by atoms with Crippen molar-refractivity contribution >= 4 is 23.0 Å². The number of aromatic nitrogens is 3. The van der Waals surface area contributed by atoms with E-state index in [0.717, 1.165) is 35.1 Å². The van der Waals surface area contributed by atoms with Crippen molar-refractivity contribution in [2.24, 2.45) is 0 Å². The summed E-state index contributed by atoms with van der Waals surface area (Å²) in [7, 11) is 0. The Bertz CT molecular complexity index is 593. The van der Waals surface area contributed by atoms with Crippen LogP contribution >= 0.6 is 11.3 Å². The molecule has 108 valence electrons. The highest BCUT2D eigenvalue weighted by Gasteiger charge is 2.14. The number of rotatable bonds is 5. The van der Waals surface area contributed by atoms with E-state index in [1.165, 1.54) is 4.88 Å². The van der Waals surface area contributed by atoms with Crippen molar-refractivity contribution in [1.82, 2.24) is 15.0 Å². The average Bonchev–Trinajstić information content (AvgIpc) is 2.92. The summed E-state index contributed by atoms with van der Waals surface area (Å²) in [4.78, 5) is 14.5. The van der Waals surface area contributed by atoms with Crippen molar-refractivity contribution in [3.05, 3.63) is 27.5 Å². The molecule has 5 nitrogen and oxygen atoms in total. The van der Waals surface area contributed by atoms with Crippen LogP contribution in [0.1, 0.15) is 48.1 Å². The molecular formula is C14H21N5S. The Morgan fingerprint density at radius 2 is 2.05 bits per heavy atom. The molecule has 0 aliphatic heterocycles. The second-order valence-electron chi connectivity index (χ2n) is 4.74. The Morgan fingerprint density at radius 1 is 1.30 bits per heavy atom. The van der Waals surface area contributed by atoms with E-state index in [0.29, 0.717) is 5.82 Å². The summed E-state index contributed by atoms with van der Waals surface area (Å²) in [5.41, 5.74) is 6.82. The lowest BCUT2D eigenvalue weighted by atomic mass is 10.2. The molecule has 2 aromatic rings. The van der Waals surface area contributed by atoms with Gasteiger partial charge in [-0.05, 0) is 20.3 Å². The maximum Gasteiger partial charge on any atom is 0.135 e. The minimum atomic E-state index is 0.109. The van der Waals surface area contributed by atoms with Crippen LogP contribution < -0.4 is 11.1 Å². The number of thiazole rings is 1. The molecule has 0 spiro atoms. The van der Waals surface area contributed by atoms with E-state index in [1.807, 2.05) is 20.0 Å². The first kappa shape index (κ1) is 14.7. The lowest BCUT2D eigenvalue weighted by molar-refractivity contribution is 0.843. The fourth-order valence-electron chi connectivity index (χ4n) is 1.83. The van der Waals surface area contributed by atoms with Gasteiger partial charge in [0.25, 0.3) is 0 Å². The van der Waals surface area contributed by atoms with Gasteiger partial charge in [0.05, 0.1) is 6.04 Å². The first-order valence-electron chi connectivity index (χ1n) is 6.89. The summed E-state index contributed by atoms with van der Waals surface area (Å²) < 4.78 is 0. The number of aryl methyl sites for hydroxylation is 2. The minimum absolute atomic E-state index is 0.109. The predicted molar refractivity (Wildman–Crippen MR) is 84.1 cm³/mol. The van der Waals surface area contributed by atoms with Gasteiger partial charge in [-0.15, -0.1) is 11.3 Å². The summed E-state index contributed by atoms with van der Waals surface area (Å²) >= 11 is 1.73. The average molecular weight is 291 g/mol. The number of nitrogens with zero attached hydrogens (tertiary/aromatic N) is 3. The van der Waals surface area contributed by atoms with Crippen molar-refractivity contribution in [1.29, 1.82) is 0 Å². The van der Waals surface area contributed by atoms with Crippen LogP contribution in [-0.2, 0) is 12.8 Å². The van der Waals surface area contributed by atoms with Crippen LogP contribution in [0.5, 0.6) is 0 Å². The zero-order chi connectivity index (χ0) is 14.7. The smallest absolute Gasteiger partial charge is 0.135 e. The van der Waals surface area contributed by atoms with Gasteiger partial charge in [0, 0.05) is 23.1 Å². The molecule has 0 saturated carbocycles. The van der Waals surface area contributed by atoms with Gasteiger partial charge in [0.2, 0.25) is 0 Å². The second-order valence-corrected chi connectivity index (χ2v) is 5.88. The summed E-state index contributed by atoms with van der Waals surface area (Å²) in [5, 5.41) is 4.46. The molecule has 0 aliphatic carbocycles. The summed E-state index contributed by atoms with van der Waals surface area (Å²) in [6, 6.07) is 0.109. The van der Waals surface area contributed by atoms with E-state index in [1.54, 1.807) is 11.3 Å². The monoisotopic (exact) mass is 291 g/mol. The maximum absolute atomic E-state index is 5.93. The fourth-order valence-corrected chi connectivity index (χ4v) is 2.69. The van der Waals surface area contributed by atoms with Gasteiger partial charge < -0.3 is 11.1 Å². The Balaban J connectivity index is 2.22. The quantitative estimate of drug-likeness (QED) is 0.885. The zero-order valence-electron chi connectivity index (χ0n) is 12.4. The van der Waals surface area contributed by atoms with Crippen LogP contribution in [0.15, 0.2) is 6.20 Å².